The molecule has 0 spiro atoms. The molecule has 1 aromatic carbocycles. The lowest BCUT2D eigenvalue weighted by Crippen LogP contribution is -1.93. The minimum absolute atomic E-state index is 0.191. The molecule has 0 amide bonds. The smallest absolute Gasteiger partial charge is 0.364 e. The summed E-state index contributed by atoms with van der Waals surface area (Å²) in [4.78, 5) is 10.2. The molecule has 0 atom stereocenters. The molecule has 88 valence electrons. The SMILES string of the molecule is O=C(O)C(F)=CC=Cc1ccc2c(c1)OCO2. The van der Waals surface area contributed by atoms with Gasteiger partial charge in [0.05, 0.1) is 0 Å². The fourth-order valence-electron chi connectivity index (χ4n) is 1.33. The van der Waals surface area contributed by atoms with Gasteiger partial charge < -0.3 is 14.6 Å². The van der Waals surface area contributed by atoms with Crippen LogP contribution in [-0.4, -0.2) is 17.9 Å². The Hall–Kier alpha value is -2.30. The molecule has 0 saturated carbocycles. The Labute approximate surface area is 96.6 Å². The summed E-state index contributed by atoms with van der Waals surface area (Å²) < 4.78 is 22.9. The molecule has 4 nitrogen and oxygen atoms in total. The average molecular weight is 236 g/mol. The number of hydrogen-bond acceptors (Lipinski definition) is 3. The number of halogens is 1. The van der Waals surface area contributed by atoms with Crippen molar-refractivity contribution in [1.82, 2.24) is 0 Å². The molecule has 2 rings (SSSR count). The summed E-state index contributed by atoms with van der Waals surface area (Å²) >= 11 is 0. The molecule has 0 radical (unpaired) electrons. The number of carboxylic acid groups (broad SMARTS) is 1. The van der Waals surface area contributed by atoms with Gasteiger partial charge in [-0.25, -0.2) is 4.79 Å². The van der Waals surface area contributed by atoms with E-state index in [9.17, 15) is 9.18 Å². The first-order valence-corrected chi connectivity index (χ1v) is 4.83. The summed E-state index contributed by atoms with van der Waals surface area (Å²) in [6.07, 6.45) is 3.78. The number of rotatable bonds is 3. The topological polar surface area (TPSA) is 55.8 Å². The van der Waals surface area contributed by atoms with Crippen molar-refractivity contribution in [2.75, 3.05) is 6.79 Å². The van der Waals surface area contributed by atoms with Crippen molar-refractivity contribution in [1.29, 1.82) is 0 Å². The number of carboxylic acids is 1. The largest absolute Gasteiger partial charge is 0.476 e. The summed E-state index contributed by atoms with van der Waals surface area (Å²) in [5.41, 5.74) is 0.767. The van der Waals surface area contributed by atoms with E-state index in [1.807, 2.05) is 0 Å². The first-order valence-electron chi connectivity index (χ1n) is 4.83. The summed E-state index contributed by atoms with van der Waals surface area (Å²) in [7, 11) is 0. The molecule has 1 heterocycles. The summed E-state index contributed by atoms with van der Waals surface area (Å²) in [5, 5.41) is 8.29. The number of hydrogen-bond donors (Lipinski definition) is 1. The Bertz CT molecular complexity index is 505. The first-order chi connectivity index (χ1) is 8.16. The van der Waals surface area contributed by atoms with Crippen LogP contribution in [0.2, 0.25) is 0 Å². The molecule has 1 aromatic rings. The number of aliphatic carboxylic acids is 1. The van der Waals surface area contributed by atoms with Gasteiger partial charge in [0, 0.05) is 0 Å². The minimum atomic E-state index is -1.58. The Kier molecular flexibility index (Phi) is 3.09. The maximum atomic E-state index is 12.6. The van der Waals surface area contributed by atoms with Gasteiger partial charge >= 0.3 is 5.97 Å². The second kappa shape index (κ2) is 4.69. The highest BCUT2D eigenvalue weighted by Crippen LogP contribution is 2.32. The van der Waals surface area contributed by atoms with Gasteiger partial charge in [0.25, 0.3) is 0 Å². The fourth-order valence-corrected chi connectivity index (χ4v) is 1.33. The van der Waals surface area contributed by atoms with Crippen LogP contribution in [0.5, 0.6) is 11.5 Å². The highest BCUT2D eigenvalue weighted by atomic mass is 19.1. The van der Waals surface area contributed by atoms with Gasteiger partial charge in [-0.2, -0.15) is 4.39 Å². The third-order valence-corrected chi connectivity index (χ3v) is 2.13. The van der Waals surface area contributed by atoms with E-state index in [1.165, 1.54) is 6.08 Å². The predicted octanol–water partition coefficient (Wildman–Crippen LogP) is 2.37. The molecule has 0 aromatic heterocycles. The van der Waals surface area contributed by atoms with Crippen molar-refractivity contribution in [3.05, 3.63) is 41.7 Å². The predicted molar refractivity (Wildman–Crippen MR) is 58.4 cm³/mol. The molecule has 5 heteroatoms. The molecular weight excluding hydrogens is 227 g/mol. The van der Waals surface area contributed by atoms with Crippen LogP contribution in [-0.2, 0) is 4.79 Å². The van der Waals surface area contributed by atoms with E-state index in [-0.39, 0.29) is 6.79 Å². The lowest BCUT2D eigenvalue weighted by molar-refractivity contribution is -0.134. The highest BCUT2D eigenvalue weighted by molar-refractivity contribution is 5.84. The Morgan fingerprint density at radius 2 is 2.12 bits per heavy atom. The Morgan fingerprint density at radius 3 is 2.88 bits per heavy atom. The van der Waals surface area contributed by atoms with E-state index < -0.39 is 11.8 Å². The molecule has 0 saturated heterocycles. The van der Waals surface area contributed by atoms with Gasteiger partial charge in [0.15, 0.2) is 11.5 Å². The third-order valence-electron chi connectivity index (χ3n) is 2.13. The van der Waals surface area contributed by atoms with Crippen molar-refractivity contribution in [3.63, 3.8) is 0 Å². The quantitative estimate of drug-likeness (QED) is 0.646. The molecule has 1 N–H and O–H groups in total. The highest BCUT2D eigenvalue weighted by Gasteiger charge is 2.12. The van der Waals surface area contributed by atoms with Gasteiger partial charge in [-0.3, -0.25) is 0 Å². The van der Waals surface area contributed by atoms with E-state index >= 15 is 0 Å². The van der Waals surface area contributed by atoms with Crippen LogP contribution >= 0.6 is 0 Å². The fraction of sp³-hybridized carbons (Fsp3) is 0.0833. The molecular formula is C12H9FO4. The number of carbonyl (C=O) groups is 1. The zero-order valence-electron chi connectivity index (χ0n) is 8.72. The van der Waals surface area contributed by atoms with E-state index in [4.69, 9.17) is 14.6 Å². The molecule has 0 bridgehead atoms. The summed E-state index contributed by atoms with van der Waals surface area (Å²) in [6.45, 7) is 0.191. The monoisotopic (exact) mass is 236 g/mol. The van der Waals surface area contributed by atoms with Crippen LogP contribution in [0, 0.1) is 0 Å². The van der Waals surface area contributed by atoms with Gasteiger partial charge in [-0.15, -0.1) is 0 Å². The minimum Gasteiger partial charge on any atom is -0.476 e. The summed E-state index contributed by atoms with van der Waals surface area (Å²) in [5.74, 6) is -1.51. The van der Waals surface area contributed by atoms with Gasteiger partial charge in [0.1, 0.15) is 0 Å². The molecule has 17 heavy (non-hydrogen) atoms. The standard InChI is InChI=1S/C12H9FO4/c13-9(12(14)15)3-1-2-8-4-5-10-11(6-8)17-7-16-10/h1-6H,7H2,(H,14,15). The second-order valence-corrected chi connectivity index (χ2v) is 3.29. The molecule has 1 aliphatic heterocycles. The zero-order valence-corrected chi connectivity index (χ0v) is 8.72. The van der Waals surface area contributed by atoms with Gasteiger partial charge in [-0.1, -0.05) is 18.2 Å². The van der Waals surface area contributed by atoms with Crippen molar-refractivity contribution in [3.8, 4) is 11.5 Å². The van der Waals surface area contributed by atoms with Crippen LogP contribution in [0.15, 0.2) is 36.2 Å². The van der Waals surface area contributed by atoms with E-state index in [0.29, 0.717) is 11.5 Å². The van der Waals surface area contributed by atoms with Gasteiger partial charge in [0.2, 0.25) is 12.6 Å². The van der Waals surface area contributed by atoms with Crippen molar-refractivity contribution in [2.24, 2.45) is 0 Å². The lowest BCUT2D eigenvalue weighted by Gasteiger charge is -1.96. The van der Waals surface area contributed by atoms with Crippen LogP contribution in [0.25, 0.3) is 6.08 Å². The molecule has 0 fully saturated rings. The van der Waals surface area contributed by atoms with Gasteiger partial charge in [-0.05, 0) is 23.8 Å². The Balaban J connectivity index is 2.12. The third kappa shape index (κ3) is 2.63. The second-order valence-electron chi connectivity index (χ2n) is 3.29. The van der Waals surface area contributed by atoms with Crippen LogP contribution < -0.4 is 9.47 Å². The summed E-state index contributed by atoms with van der Waals surface area (Å²) in [6, 6.07) is 5.22. The van der Waals surface area contributed by atoms with Crippen LogP contribution in [0.4, 0.5) is 4.39 Å². The molecule has 0 unspecified atom stereocenters. The maximum Gasteiger partial charge on any atom is 0.364 e. The van der Waals surface area contributed by atoms with Crippen molar-refractivity contribution < 1.29 is 23.8 Å². The van der Waals surface area contributed by atoms with E-state index in [0.717, 1.165) is 11.6 Å². The first kappa shape index (κ1) is 11.2. The van der Waals surface area contributed by atoms with E-state index in [1.54, 1.807) is 24.3 Å². The maximum absolute atomic E-state index is 12.6. The number of benzene rings is 1. The zero-order chi connectivity index (χ0) is 12.3. The van der Waals surface area contributed by atoms with Crippen molar-refractivity contribution >= 4 is 12.0 Å². The average Bonchev–Trinajstić information content (AvgIpc) is 2.75. The van der Waals surface area contributed by atoms with E-state index in [2.05, 4.69) is 0 Å². The van der Waals surface area contributed by atoms with Crippen LogP contribution in [0.1, 0.15) is 5.56 Å². The van der Waals surface area contributed by atoms with Crippen molar-refractivity contribution in [2.45, 2.75) is 0 Å². The number of fused-ring (bicyclic) bond motifs is 1. The Morgan fingerprint density at radius 1 is 1.35 bits per heavy atom. The molecule has 0 aliphatic carbocycles. The van der Waals surface area contributed by atoms with Crippen LogP contribution in [0.3, 0.4) is 0 Å². The number of ether oxygens (including phenoxy) is 2. The normalized spacial score (nSPS) is 14.3. The lowest BCUT2D eigenvalue weighted by atomic mass is 10.2. The molecule has 1 aliphatic rings. The number of allylic oxidation sites excluding steroid dienone is 2.